The minimum atomic E-state index is -0.294. The van der Waals surface area contributed by atoms with E-state index in [9.17, 15) is 9.18 Å². The van der Waals surface area contributed by atoms with Gasteiger partial charge in [0.05, 0.1) is 0 Å². The third-order valence-electron chi connectivity index (χ3n) is 4.03. The first kappa shape index (κ1) is 15.8. The van der Waals surface area contributed by atoms with Crippen LogP contribution in [-0.4, -0.2) is 37.1 Å². The Morgan fingerprint density at radius 3 is 2.76 bits per heavy atom. The lowest BCUT2D eigenvalue weighted by Crippen LogP contribution is -2.40. The molecule has 0 spiro atoms. The van der Waals surface area contributed by atoms with Gasteiger partial charge in [0, 0.05) is 18.8 Å². The van der Waals surface area contributed by atoms with Crippen molar-refractivity contribution in [3.05, 3.63) is 29.6 Å². The minimum Gasteiger partial charge on any atom is -0.337 e. The van der Waals surface area contributed by atoms with Crippen molar-refractivity contribution >= 4 is 11.7 Å². The van der Waals surface area contributed by atoms with E-state index in [1.165, 1.54) is 25.0 Å². The van der Waals surface area contributed by atoms with Crippen molar-refractivity contribution in [1.29, 1.82) is 0 Å². The molecular formula is C16H24FN3O. The first-order valence-electron chi connectivity index (χ1n) is 7.58. The number of nitrogens with zero attached hydrogens (tertiary/aromatic N) is 1. The monoisotopic (exact) mass is 293 g/mol. The summed E-state index contributed by atoms with van der Waals surface area (Å²) in [6.45, 7) is 7.79. The van der Waals surface area contributed by atoms with Crippen molar-refractivity contribution in [2.75, 3.05) is 31.5 Å². The summed E-state index contributed by atoms with van der Waals surface area (Å²) in [6.07, 6.45) is 2.47. The van der Waals surface area contributed by atoms with Crippen molar-refractivity contribution in [3.8, 4) is 0 Å². The lowest BCUT2D eigenvalue weighted by atomic mass is 9.99. The predicted molar refractivity (Wildman–Crippen MR) is 83.0 cm³/mol. The molecule has 1 aliphatic heterocycles. The summed E-state index contributed by atoms with van der Waals surface area (Å²) in [6, 6.07) is 4.09. The maximum absolute atomic E-state index is 13.0. The normalized spacial score (nSPS) is 16.7. The number of amides is 2. The minimum absolute atomic E-state index is 0.241. The molecule has 5 heteroatoms. The summed E-state index contributed by atoms with van der Waals surface area (Å²) < 4.78 is 13.0. The molecule has 1 aromatic rings. The van der Waals surface area contributed by atoms with Crippen LogP contribution in [0.15, 0.2) is 18.2 Å². The number of benzene rings is 1. The Bertz CT molecular complexity index is 484. The molecule has 116 valence electrons. The number of likely N-dealkylation sites (tertiary alicyclic amines) is 1. The molecule has 1 heterocycles. The van der Waals surface area contributed by atoms with E-state index < -0.39 is 0 Å². The Kier molecular flexibility index (Phi) is 5.56. The van der Waals surface area contributed by atoms with Crippen molar-refractivity contribution in [3.63, 3.8) is 0 Å². The van der Waals surface area contributed by atoms with Gasteiger partial charge in [0.1, 0.15) is 5.82 Å². The fourth-order valence-corrected chi connectivity index (χ4v) is 2.55. The van der Waals surface area contributed by atoms with Gasteiger partial charge in [-0.2, -0.15) is 0 Å². The molecule has 0 aromatic heterocycles. The highest BCUT2D eigenvalue weighted by Crippen LogP contribution is 2.16. The fourth-order valence-electron chi connectivity index (χ4n) is 2.55. The van der Waals surface area contributed by atoms with Gasteiger partial charge < -0.3 is 15.5 Å². The van der Waals surface area contributed by atoms with Crippen LogP contribution in [0.3, 0.4) is 0 Å². The van der Waals surface area contributed by atoms with E-state index >= 15 is 0 Å². The highest BCUT2D eigenvalue weighted by Gasteiger charge is 2.15. The average molecular weight is 293 g/mol. The van der Waals surface area contributed by atoms with Crippen LogP contribution in [0.5, 0.6) is 0 Å². The predicted octanol–water partition coefficient (Wildman–Crippen LogP) is 2.99. The van der Waals surface area contributed by atoms with Crippen LogP contribution in [0, 0.1) is 18.7 Å². The summed E-state index contributed by atoms with van der Waals surface area (Å²) in [7, 11) is 0. The largest absolute Gasteiger partial charge is 0.337 e. The van der Waals surface area contributed by atoms with Gasteiger partial charge in [-0.3, -0.25) is 0 Å². The van der Waals surface area contributed by atoms with Gasteiger partial charge >= 0.3 is 6.03 Å². The lowest BCUT2D eigenvalue weighted by molar-refractivity contribution is 0.192. The quantitative estimate of drug-likeness (QED) is 0.896. The van der Waals surface area contributed by atoms with Gasteiger partial charge in [-0.1, -0.05) is 6.92 Å². The van der Waals surface area contributed by atoms with Crippen LogP contribution in [0.25, 0.3) is 0 Å². The second-order valence-electron chi connectivity index (χ2n) is 5.86. The first-order valence-corrected chi connectivity index (χ1v) is 7.58. The first-order chi connectivity index (χ1) is 10.0. The van der Waals surface area contributed by atoms with Gasteiger partial charge in [-0.15, -0.1) is 0 Å². The molecule has 0 saturated carbocycles. The number of hydrogen-bond donors (Lipinski definition) is 2. The van der Waals surface area contributed by atoms with E-state index in [1.807, 2.05) is 0 Å². The van der Waals surface area contributed by atoms with E-state index in [1.54, 1.807) is 13.0 Å². The number of carbonyl (C=O) groups is 1. The Labute approximate surface area is 125 Å². The van der Waals surface area contributed by atoms with Crippen LogP contribution >= 0.6 is 0 Å². The Morgan fingerprint density at radius 1 is 1.38 bits per heavy atom. The van der Waals surface area contributed by atoms with Gasteiger partial charge in [0.15, 0.2) is 0 Å². The molecule has 1 fully saturated rings. The molecule has 1 aliphatic rings. The van der Waals surface area contributed by atoms with Crippen LogP contribution in [-0.2, 0) is 0 Å². The third-order valence-corrected chi connectivity index (χ3v) is 4.03. The molecule has 0 bridgehead atoms. The summed E-state index contributed by atoms with van der Waals surface area (Å²) in [4.78, 5) is 14.2. The SMILES string of the molecule is Cc1cc(F)ccc1NC(=O)NCCN1CCC(C)CC1. The molecule has 1 saturated heterocycles. The van der Waals surface area contributed by atoms with Crippen molar-refractivity contribution in [1.82, 2.24) is 10.2 Å². The fraction of sp³-hybridized carbons (Fsp3) is 0.562. The number of hydrogen-bond acceptors (Lipinski definition) is 2. The van der Waals surface area contributed by atoms with Crippen LogP contribution in [0.2, 0.25) is 0 Å². The summed E-state index contributed by atoms with van der Waals surface area (Å²) in [5, 5.41) is 5.59. The molecule has 0 atom stereocenters. The highest BCUT2D eigenvalue weighted by molar-refractivity contribution is 5.89. The number of halogens is 1. The van der Waals surface area contributed by atoms with E-state index in [-0.39, 0.29) is 11.8 Å². The van der Waals surface area contributed by atoms with E-state index in [0.29, 0.717) is 12.2 Å². The lowest BCUT2D eigenvalue weighted by Gasteiger charge is -2.30. The Hall–Kier alpha value is -1.62. The number of urea groups is 1. The van der Waals surface area contributed by atoms with Gasteiger partial charge in [-0.25, -0.2) is 9.18 Å². The maximum Gasteiger partial charge on any atom is 0.319 e. The number of piperidine rings is 1. The van der Waals surface area contributed by atoms with Crippen LogP contribution < -0.4 is 10.6 Å². The molecule has 1 aromatic carbocycles. The van der Waals surface area contributed by atoms with Gasteiger partial charge in [0.25, 0.3) is 0 Å². The molecule has 2 amide bonds. The molecule has 21 heavy (non-hydrogen) atoms. The molecule has 0 unspecified atom stereocenters. The number of carbonyl (C=O) groups excluding carboxylic acids is 1. The summed E-state index contributed by atoms with van der Waals surface area (Å²) in [5.41, 5.74) is 1.36. The Balaban J connectivity index is 1.70. The number of anilines is 1. The third kappa shape index (κ3) is 5.01. The zero-order valence-corrected chi connectivity index (χ0v) is 12.8. The van der Waals surface area contributed by atoms with Crippen LogP contribution in [0.1, 0.15) is 25.3 Å². The van der Waals surface area contributed by atoms with Crippen molar-refractivity contribution < 1.29 is 9.18 Å². The van der Waals surface area contributed by atoms with Crippen LogP contribution in [0.4, 0.5) is 14.9 Å². The summed E-state index contributed by atoms with van der Waals surface area (Å²) in [5.74, 6) is 0.525. The van der Waals surface area contributed by atoms with E-state index in [4.69, 9.17) is 0 Å². The molecule has 2 rings (SSSR count). The van der Waals surface area contributed by atoms with Gasteiger partial charge in [-0.05, 0) is 62.5 Å². The molecule has 2 N–H and O–H groups in total. The number of rotatable bonds is 4. The molecule has 0 radical (unpaired) electrons. The highest BCUT2D eigenvalue weighted by atomic mass is 19.1. The molecular weight excluding hydrogens is 269 g/mol. The number of aryl methyl sites for hydroxylation is 1. The van der Waals surface area contributed by atoms with Gasteiger partial charge in [0.2, 0.25) is 0 Å². The smallest absolute Gasteiger partial charge is 0.319 e. The molecule has 4 nitrogen and oxygen atoms in total. The zero-order chi connectivity index (χ0) is 15.2. The summed E-state index contributed by atoms with van der Waals surface area (Å²) >= 11 is 0. The van der Waals surface area contributed by atoms with E-state index in [2.05, 4.69) is 22.5 Å². The molecule has 0 aliphatic carbocycles. The standard InChI is InChI=1S/C16H24FN3O/c1-12-5-8-20(9-6-12)10-7-18-16(21)19-15-4-3-14(17)11-13(15)2/h3-4,11-12H,5-10H2,1-2H3,(H2,18,19,21). The maximum atomic E-state index is 13.0. The topological polar surface area (TPSA) is 44.4 Å². The number of nitrogens with one attached hydrogen (secondary N) is 2. The van der Waals surface area contributed by atoms with Crippen molar-refractivity contribution in [2.24, 2.45) is 5.92 Å². The zero-order valence-electron chi connectivity index (χ0n) is 12.8. The average Bonchev–Trinajstić information content (AvgIpc) is 2.44. The van der Waals surface area contributed by atoms with E-state index in [0.717, 1.165) is 31.1 Å². The Morgan fingerprint density at radius 2 is 2.10 bits per heavy atom. The van der Waals surface area contributed by atoms with Crippen molar-refractivity contribution in [2.45, 2.75) is 26.7 Å². The second-order valence-corrected chi connectivity index (χ2v) is 5.86. The second kappa shape index (κ2) is 7.41.